The SMILES string of the molecule is CCCCCCc1cccc(C2(CCN(C)c3ccc(C=O)cc3)c3cc(C)ccc3-c3ccc(C)cc32)c1.Cc1ccc2c(c1)C(CCN(C)c1ccc(C=O)cc1)(CCN(C)c1ccc(C=O)cc1)c1cc(C)ccc1-2.[C-]#[N+]c1cc(C)cc2c1-c1ccc(C)cc1C2(CCN(C)c1ccc(C=O)cc1)CCN(C)c1ccc(C=O)cc1. The number of carbonyl (C=O) groups is 5. The first kappa shape index (κ1) is 84.4. The van der Waals surface area contributed by atoms with Gasteiger partial charge in [-0.1, -0.05) is 187 Å². The van der Waals surface area contributed by atoms with E-state index in [1.807, 2.05) is 115 Å². The fourth-order valence-electron chi connectivity index (χ4n) is 18.5. The molecule has 0 unspecified atom stereocenters. The second-order valence-corrected chi connectivity index (χ2v) is 33.5. The van der Waals surface area contributed by atoms with E-state index < -0.39 is 0 Å². The number of benzene rings is 12. The van der Waals surface area contributed by atoms with Crippen LogP contribution in [0, 0.1) is 48.1 Å². The fourth-order valence-corrected chi connectivity index (χ4v) is 18.5. The Kier molecular flexibility index (Phi) is 26.5. The van der Waals surface area contributed by atoms with Crippen LogP contribution >= 0.6 is 0 Å². The molecule has 0 N–H and O–H groups in total. The lowest BCUT2D eigenvalue weighted by atomic mass is 9.69. The Morgan fingerprint density at radius 3 is 0.950 bits per heavy atom. The third kappa shape index (κ3) is 18.0. The second kappa shape index (κ2) is 37.4. The highest BCUT2D eigenvalue weighted by atomic mass is 16.1. The van der Waals surface area contributed by atoms with Crippen LogP contribution in [0.3, 0.4) is 0 Å². The van der Waals surface area contributed by atoms with Gasteiger partial charge in [0.1, 0.15) is 31.4 Å². The second-order valence-electron chi connectivity index (χ2n) is 33.5. The standard InChI is InChI=1S/C37H41NO.C36H35N3O2.C35H36N2O2/c1-5-6-7-8-10-29-11-9-12-31(25-29)37(21-22-38(4)32-17-15-30(26-39)16-18-32)35-23-27(2)13-19-33(35)34-20-14-28(3)24-36(34)37;1-25-6-15-31-32(20-25)36(33-21-26(2)22-34(37-3)35(31)33,16-18-38(4)29-11-7-27(23-40)8-12-29)17-19-39(5)30-13-9-28(24-41)10-14-30;1-25-5-15-31-32-16-6-26(2)22-34(32)35(33(31)21-25,17-19-36(3)29-11-7-27(23-38)8-12-29)18-20-37(4)30-13-9-28(24-39)10-14-30/h9,11-20,23-26H,5-8,10,21-22H2,1-4H3;6-15,20-24H,16-19H2,1-2,4-5H3;5-16,21-24H,17-20H2,1-4H3. The molecule has 3 aliphatic rings. The highest BCUT2D eigenvalue weighted by molar-refractivity contribution is 5.92. The maximum Gasteiger partial charge on any atom is 0.195 e. The molecule has 604 valence electrons. The van der Waals surface area contributed by atoms with E-state index in [0.717, 1.165) is 148 Å². The van der Waals surface area contributed by atoms with Crippen molar-refractivity contribution in [2.24, 2.45) is 0 Å². The molecule has 3 aliphatic carbocycles. The summed E-state index contributed by atoms with van der Waals surface area (Å²) < 4.78 is 0. The molecule has 15 rings (SSSR count). The van der Waals surface area contributed by atoms with Crippen LogP contribution < -0.4 is 24.5 Å². The molecule has 12 aromatic carbocycles. The molecular weight excluding hydrogens is 1460 g/mol. The molecule has 0 aliphatic heterocycles. The molecule has 119 heavy (non-hydrogen) atoms. The third-order valence-electron chi connectivity index (χ3n) is 25.5. The number of hydrogen-bond donors (Lipinski definition) is 0. The quantitative estimate of drug-likeness (QED) is 0.0237. The van der Waals surface area contributed by atoms with Gasteiger partial charge < -0.3 is 24.5 Å². The zero-order valence-corrected chi connectivity index (χ0v) is 71.4. The normalized spacial score (nSPS) is 12.9. The molecule has 0 radical (unpaired) electrons. The summed E-state index contributed by atoms with van der Waals surface area (Å²) in [5.41, 5.74) is 35.1. The Bertz CT molecular complexity index is 5450. The number of carbonyl (C=O) groups excluding carboxylic acids is 5. The Morgan fingerprint density at radius 2 is 0.613 bits per heavy atom. The Labute approximate surface area is 705 Å². The van der Waals surface area contributed by atoms with E-state index >= 15 is 0 Å². The summed E-state index contributed by atoms with van der Waals surface area (Å²) in [5, 5.41) is 0. The van der Waals surface area contributed by atoms with E-state index in [1.54, 1.807) is 0 Å². The van der Waals surface area contributed by atoms with Gasteiger partial charge in [-0.15, -0.1) is 0 Å². The molecule has 0 saturated carbocycles. The molecular formula is C108H112N6O5. The molecule has 0 spiro atoms. The van der Waals surface area contributed by atoms with Gasteiger partial charge in [-0.25, -0.2) is 4.85 Å². The molecule has 0 bridgehead atoms. The van der Waals surface area contributed by atoms with Crippen molar-refractivity contribution in [2.75, 3.05) is 92.5 Å². The Morgan fingerprint density at radius 1 is 0.311 bits per heavy atom. The first-order valence-electron chi connectivity index (χ1n) is 42.1. The molecule has 0 aromatic heterocycles. The van der Waals surface area contributed by atoms with Crippen LogP contribution in [0.1, 0.15) is 194 Å². The van der Waals surface area contributed by atoms with Crippen LogP contribution in [-0.2, 0) is 22.7 Å². The van der Waals surface area contributed by atoms with E-state index in [2.05, 4.69) is 247 Å². The van der Waals surface area contributed by atoms with Crippen LogP contribution in [0.4, 0.5) is 34.1 Å². The molecule has 0 amide bonds. The fraction of sp³-hybridized carbons (Fsp3) is 0.278. The van der Waals surface area contributed by atoms with Crippen LogP contribution in [0.25, 0.3) is 38.2 Å². The van der Waals surface area contributed by atoms with Gasteiger partial charge in [-0.05, 0) is 286 Å². The molecule has 0 saturated heterocycles. The average molecular weight is 1570 g/mol. The predicted octanol–water partition coefficient (Wildman–Crippen LogP) is 24.1. The number of hydrogen-bond acceptors (Lipinski definition) is 10. The maximum atomic E-state index is 11.2. The number of unbranched alkanes of at least 4 members (excludes halogenated alkanes) is 3. The zero-order valence-electron chi connectivity index (χ0n) is 71.4. The third-order valence-corrected chi connectivity index (χ3v) is 25.5. The molecule has 12 aromatic rings. The van der Waals surface area contributed by atoms with Gasteiger partial charge in [0, 0.05) is 140 Å². The van der Waals surface area contributed by atoms with E-state index in [0.29, 0.717) is 33.5 Å². The van der Waals surface area contributed by atoms with E-state index in [1.165, 1.54) is 120 Å². The molecule has 11 heteroatoms. The summed E-state index contributed by atoms with van der Waals surface area (Å²) in [6.45, 7) is 27.5. The molecule has 0 heterocycles. The van der Waals surface area contributed by atoms with Crippen molar-refractivity contribution >= 4 is 65.6 Å². The summed E-state index contributed by atoms with van der Waals surface area (Å²) in [4.78, 5) is 71.2. The summed E-state index contributed by atoms with van der Waals surface area (Å²) in [6, 6.07) is 87.2. The van der Waals surface area contributed by atoms with Gasteiger partial charge >= 0.3 is 0 Å². The predicted molar refractivity (Wildman–Crippen MR) is 495 cm³/mol. The maximum absolute atomic E-state index is 11.2. The largest absolute Gasteiger partial charge is 0.375 e. The molecule has 0 atom stereocenters. The van der Waals surface area contributed by atoms with Crippen molar-refractivity contribution in [2.45, 2.75) is 129 Å². The first-order chi connectivity index (χ1) is 57.6. The van der Waals surface area contributed by atoms with Crippen LogP contribution in [0.15, 0.2) is 249 Å². The van der Waals surface area contributed by atoms with E-state index in [9.17, 15) is 24.0 Å². The minimum absolute atomic E-state index is 0.142. The average Bonchev–Trinajstić information content (AvgIpc) is 1.58. The van der Waals surface area contributed by atoms with Crippen molar-refractivity contribution in [1.29, 1.82) is 0 Å². The number of rotatable bonds is 31. The first-order valence-corrected chi connectivity index (χ1v) is 42.1. The summed E-state index contributed by atoms with van der Waals surface area (Å²) in [7, 11) is 10.6. The lowest BCUT2D eigenvalue weighted by molar-refractivity contribution is 0.111. The monoisotopic (exact) mass is 1570 g/mol. The van der Waals surface area contributed by atoms with Gasteiger partial charge in [0.15, 0.2) is 5.69 Å². The number of anilines is 5. The van der Waals surface area contributed by atoms with Crippen molar-refractivity contribution in [3.8, 4) is 33.4 Å². The van der Waals surface area contributed by atoms with Gasteiger partial charge in [-0.2, -0.15) is 0 Å². The number of aldehydes is 5. The van der Waals surface area contributed by atoms with Crippen molar-refractivity contribution in [3.63, 3.8) is 0 Å². The summed E-state index contributed by atoms with van der Waals surface area (Å²) >= 11 is 0. The Hall–Kier alpha value is -12.5. The Balaban J connectivity index is 0.000000155. The van der Waals surface area contributed by atoms with Gasteiger partial charge in [0.25, 0.3) is 0 Å². The number of fused-ring (bicyclic) bond motifs is 9. The highest BCUT2D eigenvalue weighted by Crippen LogP contribution is 2.59. The van der Waals surface area contributed by atoms with Crippen LogP contribution in [0.5, 0.6) is 0 Å². The summed E-state index contributed by atoms with van der Waals surface area (Å²) in [5.74, 6) is 0. The van der Waals surface area contributed by atoms with E-state index in [-0.39, 0.29) is 16.2 Å². The lowest BCUT2D eigenvalue weighted by Gasteiger charge is -2.36. The molecule has 0 fully saturated rings. The van der Waals surface area contributed by atoms with Crippen molar-refractivity contribution < 1.29 is 24.0 Å². The highest BCUT2D eigenvalue weighted by Gasteiger charge is 2.47. The lowest BCUT2D eigenvalue weighted by Crippen LogP contribution is -2.35. The van der Waals surface area contributed by atoms with Crippen molar-refractivity contribution in [3.05, 3.63) is 366 Å². The number of aryl methyl sites for hydroxylation is 7. The van der Waals surface area contributed by atoms with Gasteiger partial charge in [-0.3, -0.25) is 24.0 Å². The van der Waals surface area contributed by atoms with Gasteiger partial charge in [0.2, 0.25) is 0 Å². The zero-order chi connectivity index (χ0) is 84.1. The molecule has 11 nitrogen and oxygen atoms in total. The number of nitrogens with zero attached hydrogens (tertiary/aromatic N) is 6. The van der Waals surface area contributed by atoms with Crippen LogP contribution in [-0.4, -0.2) is 99.4 Å². The topological polar surface area (TPSA) is 106 Å². The summed E-state index contributed by atoms with van der Waals surface area (Å²) in [6.07, 6.45) is 15.3. The minimum atomic E-state index is -0.295. The van der Waals surface area contributed by atoms with Gasteiger partial charge in [0.05, 0.1) is 6.57 Å². The van der Waals surface area contributed by atoms with Crippen molar-refractivity contribution in [1.82, 2.24) is 0 Å². The minimum Gasteiger partial charge on any atom is -0.375 e. The van der Waals surface area contributed by atoms with E-state index in [4.69, 9.17) is 6.57 Å². The smallest absolute Gasteiger partial charge is 0.195 e. The van der Waals surface area contributed by atoms with Crippen LogP contribution in [0.2, 0.25) is 0 Å².